The average Bonchev–Trinajstić information content (AvgIpc) is 2.99. The minimum Gasteiger partial charge on any atom is -0.345 e. The second kappa shape index (κ2) is 4.07. The predicted octanol–water partition coefficient (Wildman–Crippen LogP) is 0.768. The molecule has 4 nitrogen and oxygen atoms in total. The normalized spacial score (nSPS) is 34.2. The van der Waals surface area contributed by atoms with Gasteiger partial charge in [0.05, 0.1) is 6.54 Å². The van der Waals surface area contributed by atoms with Crippen LogP contribution in [0.5, 0.6) is 0 Å². The van der Waals surface area contributed by atoms with E-state index in [1.54, 1.807) is 0 Å². The molecule has 1 N–H and O–H groups in total. The first-order chi connectivity index (χ1) is 7.56. The largest absolute Gasteiger partial charge is 0.345 e. The maximum atomic E-state index is 11.9. The Labute approximate surface area is 96.4 Å². The molecule has 1 saturated carbocycles. The molecule has 4 heteroatoms. The number of hydrogen-bond donors (Lipinski definition) is 1. The van der Waals surface area contributed by atoms with E-state index in [-0.39, 0.29) is 30.3 Å². The van der Waals surface area contributed by atoms with Crippen molar-refractivity contribution in [3.05, 3.63) is 0 Å². The van der Waals surface area contributed by atoms with Gasteiger partial charge in [0.15, 0.2) is 0 Å². The summed E-state index contributed by atoms with van der Waals surface area (Å²) in [5.74, 6) is 0.883. The lowest BCUT2D eigenvalue weighted by Gasteiger charge is -2.37. The van der Waals surface area contributed by atoms with Gasteiger partial charge in [-0.25, -0.2) is 0 Å². The molecule has 1 saturated heterocycles. The van der Waals surface area contributed by atoms with Gasteiger partial charge >= 0.3 is 0 Å². The molecule has 0 bridgehead atoms. The molecule has 3 unspecified atom stereocenters. The van der Waals surface area contributed by atoms with Crippen LogP contribution in [0.15, 0.2) is 0 Å². The Hall–Kier alpha value is -1.06. The third-order valence-electron chi connectivity index (χ3n) is 3.67. The molecule has 0 spiro atoms. The molecule has 2 amide bonds. The van der Waals surface area contributed by atoms with E-state index in [0.29, 0.717) is 12.0 Å². The summed E-state index contributed by atoms with van der Waals surface area (Å²) in [7, 11) is 0. The summed E-state index contributed by atoms with van der Waals surface area (Å²) in [5, 5.41) is 2.68. The molecule has 2 aliphatic rings. The van der Waals surface area contributed by atoms with Crippen molar-refractivity contribution in [1.82, 2.24) is 10.2 Å². The lowest BCUT2D eigenvalue weighted by Crippen LogP contribution is -2.61. The Morgan fingerprint density at radius 2 is 2.12 bits per heavy atom. The molecule has 1 aliphatic carbocycles. The average molecular weight is 224 g/mol. The van der Waals surface area contributed by atoms with Gasteiger partial charge in [0.2, 0.25) is 11.8 Å². The molecule has 2 fully saturated rings. The lowest BCUT2D eigenvalue weighted by molar-refractivity contribution is -0.148. The van der Waals surface area contributed by atoms with Crippen molar-refractivity contribution in [3.8, 4) is 0 Å². The smallest absolute Gasteiger partial charge is 0.243 e. The Balaban J connectivity index is 2.16. The van der Waals surface area contributed by atoms with Crippen molar-refractivity contribution < 1.29 is 9.59 Å². The Bertz CT molecular complexity index is 314. The Morgan fingerprint density at radius 3 is 2.62 bits per heavy atom. The van der Waals surface area contributed by atoms with Crippen LogP contribution in [-0.2, 0) is 9.59 Å². The van der Waals surface area contributed by atoms with Gasteiger partial charge in [0, 0.05) is 6.04 Å². The summed E-state index contributed by atoms with van der Waals surface area (Å²) in [4.78, 5) is 25.6. The molecule has 0 aromatic rings. The minimum atomic E-state index is -0.261. The number of nitrogens with zero attached hydrogens (tertiary/aromatic N) is 1. The summed E-state index contributed by atoms with van der Waals surface area (Å²) < 4.78 is 0. The molecule has 3 atom stereocenters. The quantitative estimate of drug-likeness (QED) is 0.769. The van der Waals surface area contributed by atoms with E-state index < -0.39 is 0 Å². The van der Waals surface area contributed by atoms with Crippen LogP contribution in [-0.4, -0.2) is 35.3 Å². The summed E-state index contributed by atoms with van der Waals surface area (Å²) in [6, 6.07) is 0.0544. The van der Waals surface area contributed by atoms with Crippen LogP contribution in [0.1, 0.15) is 33.6 Å². The van der Waals surface area contributed by atoms with Crippen LogP contribution in [0, 0.1) is 11.8 Å². The number of rotatable bonds is 3. The first-order valence-corrected chi connectivity index (χ1v) is 6.15. The van der Waals surface area contributed by atoms with Crippen molar-refractivity contribution in [2.24, 2.45) is 11.8 Å². The fourth-order valence-corrected chi connectivity index (χ4v) is 2.67. The van der Waals surface area contributed by atoms with E-state index in [1.165, 1.54) is 0 Å². The number of nitrogens with one attached hydrogen (secondary N) is 1. The summed E-state index contributed by atoms with van der Waals surface area (Å²) >= 11 is 0. The molecule has 2 rings (SSSR count). The zero-order valence-corrected chi connectivity index (χ0v) is 10.2. The molecule has 0 aromatic carbocycles. The van der Waals surface area contributed by atoms with Crippen LogP contribution >= 0.6 is 0 Å². The predicted molar refractivity (Wildman–Crippen MR) is 60.7 cm³/mol. The zero-order chi connectivity index (χ0) is 11.9. The molecule has 16 heavy (non-hydrogen) atoms. The van der Waals surface area contributed by atoms with Crippen molar-refractivity contribution >= 4 is 11.8 Å². The van der Waals surface area contributed by atoms with Gasteiger partial charge in [-0.05, 0) is 18.3 Å². The molecule has 90 valence electrons. The van der Waals surface area contributed by atoms with Crippen molar-refractivity contribution in [3.63, 3.8) is 0 Å². The van der Waals surface area contributed by atoms with Gasteiger partial charge in [0.25, 0.3) is 0 Å². The van der Waals surface area contributed by atoms with Crippen LogP contribution < -0.4 is 5.32 Å². The monoisotopic (exact) mass is 224 g/mol. The minimum absolute atomic E-state index is 0.0105. The maximum absolute atomic E-state index is 11.9. The maximum Gasteiger partial charge on any atom is 0.243 e. The number of hydrogen-bond acceptors (Lipinski definition) is 2. The van der Waals surface area contributed by atoms with E-state index in [9.17, 15) is 9.59 Å². The van der Waals surface area contributed by atoms with E-state index in [4.69, 9.17) is 0 Å². The number of amides is 2. The van der Waals surface area contributed by atoms with Crippen molar-refractivity contribution in [2.45, 2.75) is 45.7 Å². The fourth-order valence-electron chi connectivity index (χ4n) is 2.67. The number of carbonyl (C=O) groups is 2. The first kappa shape index (κ1) is 11.4. The third-order valence-corrected chi connectivity index (χ3v) is 3.67. The fraction of sp³-hybridized carbons (Fsp3) is 0.833. The highest BCUT2D eigenvalue weighted by molar-refractivity contribution is 5.95. The molecule has 0 aromatic heterocycles. The van der Waals surface area contributed by atoms with Crippen LogP contribution in [0.25, 0.3) is 0 Å². The molecule has 1 aliphatic heterocycles. The molecule has 0 radical (unpaired) electrons. The van der Waals surface area contributed by atoms with Gasteiger partial charge in [-0.2, -0.15) is 0 Å². The lowest BCUT2D eigenvalue weighted by atomic mass is 9.99. The second-order valence-electron chi connectivity index (χ2n) is 5.18. The van der Waals surface area contributed by atoms with Crippen LogP contribution in [0.3, 0.4) is 0 Å². The standard InChI is InChI=1S/C12H20N2O2/c1-4-8-5-9(8)14-10(15)6-13-12(16)11(14)7(2)3/h7-9,11H,4-6H2,1-3H3,(H,13,16). The van der Waals surface area contributed by atoms with Gasteiger partial charge in [-0.15, -0.1) is 0 Å². The number of carbonyl (C=O) groups excluding carboxylic acids is 2. The van der Waals surface area contributed by atoms with Gasteiger partial charge in [-0.3, -0.25) is 9.59 Å². The summed E-state index contributed by atoms with van der Waals surface area (Å²) in [5.41, 5.74) is 0. The summed E-state index contributed by atoms with van der Waals surface area (Å²) in [6.07, 6.45) is 2.17. The first-order valence-electron chi connectivity index (χ1n) is 6.15. The van der Waals surface area contributed by atoms with Gasteiger partial charge < -0.3 is 10.2 Å². The summed E-state index contributed by atoms with van der Waals surface area (Å²) in [6.45, 7) is 6.32. The highest BCUT2D eigenvalue weighted by Crippen LogP contribution is 2.40. The van der Waals surface area contributed by atoms with E-state index in [0.717, 1.165) is 12.8 Å². The molecule has 1 heterocycles. The van der Waals surface area contributed by atoms with Gasteiger partial charge in [0.1, 0.15) is 6.04 Å². The third kappa shape index (κ3) is 1.81. The van der Waals surface area contributed by atoms with E-state index >= 15 is 0 Å². The Kier molecular flexibility index (Phi) is 2.91. The highest BCUT2D eigenvalue weighted by atomic mass is 16.2. The van der Waals surface area contributed by atoms with E-state index in [1.807, 2.05) is 18.7 Å². The van der Waals surface area contributed by atoms with Crippen LogP contribution in [0.4, 0.5) is 0 Å². The number of piperazine rings is 1. The Morgan fingerprint density at radius 1 is 1.44 bits per heavy atom. The van der Waals surface area contributed by atoms with Crippen LogP contribution in [0.2, 0.25) is 0 Å². The van der Waals surface area contributed by atoms with Gasteiger partial charge in [-0.1, -0.05) is 27.2 Å². The highest BCUT2D eigenvalue weighted by Gasteiger charge is 2.49. The van der Waals surface area contributed by atoms with Crippen molar-refractivity contribution in [2.75, 3.05) is 6.54 Å². The SMILES string of the molecule is CCC1CC1N1C(=O)CNC(=O)C1C(C)C. The van der Waals surface area contributed by atoms with Crippen molar-refractivity contribution in [1.29, 1.82) is 0 Å². The second-order valence-corrected chi connectivity index (χ2v) is 5.18. The molecular weight excluding hydrogens is 204 g/mol. The topological polar surface area (TPSA) is 49.4 Å². The zero-order valence-electron chi connectivity index (χ0n) is 10.2. The molecular formula is C12H20N2O2. The van der Waals surface area contributed by atoms with E-state index in [2.05, 4.69) is 12.2 Å².